The van der Waals surface area contributed by atoms with Crippen molar-refractivity contribution in [2.45, 2.75) is 25.8 Å². The monoisotopic (exact) mass is 508 g/mol. The van der Waals surface area contributed by atoms with Crippen molar-refractivity contribution in [3.63, 3.8) is 0 Å². The van der Waals surface area contributed by atoms with E-state index in [-0.39, 0.29) is 6.04 Å². The molecule has 0 bridgehead atoms. The Kier molecular flexibility index (Phi) is 5.58. The lowest BCUT2D eigenvalue weighted by atomic mass is 9.99. The average Bonchev–Trinajstić information content (AvgIpc) is 3.52. The highest BCUT2D eigenvalue weighted by molar-refractivity contribution is 5.86. The van der Waals surface area contributed by atoms with Gasteiger partial charge in [0.2, 0.25) is 0 Å². The Labute approximate surface area is 228 Å². The molecule has 5 aromatic rings. The summed E-state index contributed by atoms with van der Waals surface area (Å²) in [7, 11) is 0. The van der Waals surface area contributed by atoms with Crippen LogP contribution < -0.4 is 4.90 Å². The van der Waals surface area contributed by atoms with E-state index >= 15 is 0 Å². The molecule has 7 rings (SSSR count). The van der Waals surface area contributed by atoms with Crippen molar-refractivity contribution in [3.8, 4) is 23.3 Å². The predicted molar refractivity (Wildman–Crippen MR) is 154 cm³/mol. The van der Waals surface area contributed by atoms with Gasteiger partial charge in [0.05, 0.1) is 28.7 Å². The van der Waals surface area contributed by atoms with Gasteiger partial charge < -0.3 is 4.90 Å². The van der Waals surface area contributed by atoms with Crippen molar-refractivity contribution in [3.05, 3.63) is 101 Å². The third-order valence-corrected chi connectivity index (χ3v) is 8.47. The molecule has 3 heterocycles. The summed E-state index contributed by atoms with van der Waals surface area (Å²) in [6.07, 6.45) is 1.02. The maximum atomic E-state index is 10.1. The number of hydrogen-bond acceptors (Lipinski definition) is 5. The number of imidazole rings is 1. The number of pyridine rings is 1. The Morgan fingerprint density at radius 2 is 1.49 bits per heavy atom. The van der Waals surface area contributed by atoms with Crippen LogP contribution >= 0.6 is 0 Å². The molecular formula is C33H28N6. The zero-order valence-electron chi connectivity index (χ0n) is 21.9. The summed E-state index contributed by atoms with van der Waals surface area (Å²) in [6.45, 7) is 5.55. The summed E-state index contributed by atoms with van der Waals surface area (Å²) in [5.41, 5.74) is 10.7. The number of para-hydroxylation sites is 2. The van der Waals surface area contributed by atoms with Crippen LogP contribution in [0.1, 0.15) is 40.3 Å². The van der Waals surface area contributed by atoms with E-state index in [9.17, 15) is 10.5 Å². The summed E-state index contributed by atoms with van der Waals surface area (Å²) in [4.78, 5) is 9.95. The first-order valence-corrected chi connectivity index (χ1v) is 13.6. The molecule has 0 atom stereocenters. The molecular weight excluding hydrogens is 480 g/mol. The van der Waals surface area contributed by atoms with Crippen LogP contribution in [0.5, 0.6) is 0 Å². The first-order chi connectivity index (χ1) is 19.2. The zero-order chi connectivity index (χ0) is 26.5. The Hall–Kier alpha value is -4.65. The van der Waals surface area contributed by atoms with Gasteiger partial charge in [-0.3, -0.25) is 9.30 Å². The molecule has 0 unspecified atom stereocenters. The molecule has 6 heteroatoms. The molecule has 1 saturated heterocycles. The molecule has 190 valence electrons. The summed E-state index contributed by atoms with van der Waals surface area (Å²) in [5, 5.41) is 19.6. The lowest BCUT2D eigenvalue weighted by Gasteiger charge is -2.40. The van der Waals surface area contributed by atoms with Crippen LogP contribution in [-0.2, 0) is 6.42 Å². The van der Waals surface area contributed by atoms with Crippen LogP contribution in [0.3, 0.4) is 0 Å². The Morgan fingerprint density at radius 1 is 0.846 bits per heavy atom. The van der Waals surface area contributed by atoms with E-state index < -0.39 is 0 Å². The number of rotatable bonds is 4. The molecule has 3 aromatic carbocycles. The second-order valence-corrected chi connectivity index (χ2v) is 10.4. The van der Waals surface area contributed by atoms with Crippen LogP contribution in [0.4, 0.5) is 5.82 Å². The maximum absolute atomic E-state index is 10.1. The van der Waals surface area contributed by atoms with Crippen LogP contribution in [0.15, 0.2) is 72.8 Å². The van der Waals surface area contributed by atoms with Crippen LogP contribution in [0.2, 0.25) is 0 Å². The second-order valence-electron chi connectivity index (χ2n) is 10.4. The largest absolute Gasteiger partial charge is 0.355 e. The van der Waals surface area contributed by atoms with Crippen LogP contribution in [0, 0.1) is 29.6 Å². The summed E-state index contributed by atoms with van der Waals surface area (Å²) >= 11 is 0. The summed E-state index contributed by atoms with van der Waals surface area (Å²) < 4.78 is 2.17. The standard InChI is InChI=1S/C33H28N6/c1-22-23(13-8-16-34)33(39-30-15-7-6-14-29(30)36-32(39)28(22)21-35)38-19-17-37(18-20-38)31-26-11-4-2-9-24(26)25-10-3-5-12-27(25)31/h2-7,9-12,14-15,31H,8,13,17-20H2,1H3. The first kappa shape index (κ1) is 23.5. The molecule has 0 spiro atoms. The van der Waals surface area contributed by atoms with E-state index in [4.69, 9.17) is 4.98 Å². The van der Waals surface area contributed by atoms with Gasteiger partial charge >= 0.3 is 0 Å². The molecule has 1 fully saturated rings. The van der Waals surface area contributed by atoms with Gasteiger partial charge in [-0.2, -0.15) is 10.5 Å². The highest BCUT2D eigenvalue weighted by atomic mass is 15.3. The number of benzene rings is 3. The molecule has 6 nitrogen and oxygen atoms in total. The van der Waals surface area contributed by atoms with Gasteiger partial charge in [0.25, 0.3) is 0 Å². The molecule has 0 amide bonds. The van der Waals surface area contributed by atoms with Gasteiger partial charge in [0.15, 0.2) is 5.65 Å². The topological polar surface area (TPSA) is 71.4 Å². The molecule has 1 aliphatic heterocycles. The van der Waals surface area contributed by atoms with Gasteiger partial charge in [-0.05, 0) is 58.9 Å². The van der Waals surface area contributed by atoms with E-state index in [0.717, 1.165) is 54.2 Å². The van der Waals surface area contributed by atoms with Crippen molar-refractivity contribution < 1.29 is 0 Å². The third kappa shape index (κ3) is 3.53. The summed E-state index contributed by atoms with van der Waals surface area (Å²) in [6, 6.07) is 30.7. The summed E-state index contributed by atoms with van der Waals surface area (Å²) in [5.74, 6) is 1.08. The van der Waals surface area contributed by atoms with Gasteiger partial charge in [-0.25, -0.2) is 4.98 Å². The fraction of sp³-hybridized carbons (Fsp3) is 0.242. The van der Waals surface area contributed by atoms with Crippen molar-refractivity contribution in [1.29, 1.82) is 10.5 Å². The number of anilines is 1. The van der Waals surface area contributed by atoms with Crippen molar-refractivity contribution in [2.24, 2.45) is 0 Å². The van der Waals surface area contributed by atoms with Gasteiger partial charge in [0, 0.05) is 32.6 Å². The highest BCUT2D eigenvalue weighted by Gasteiger charge is 2.35. The molecule has 1 aliphatic carbocycles. The Balaban J connectivity index is 1.31. The fourth-order valence-corrected chi connectivity index (χ4v) is 6.69. The zero-order valence-corrected chi connectivity index (χ0v) is 21.9. The minimum absolute atomic E-state index is 0.259. The third-order valence-electron chi connectivity index (χ3n) is 8.47. The van der Waals surface area contributed by atoms with E-state index in [1.807, 2.05) is 25.1 Å². The Bertz CT molecular complexity index is 1780. The van der Waals surface area contributed by atoms with Crippen LogP contribution in [-0.4, -0.2) is 40.5 Å². The number of fused-ring (bicyclic) bond motifs is 6. The highest BCUT2D eigenvalue weighted by Crippen LogP contribution is 2.46. The normalized spacial score (nSPS) is 15.3. The first-order valence-electron chi connectivity index (χ1n) is 13.6. The van der Waals surface area contributed by atoms with Gasteiger partial charge in [-0.15, -0.1) is 0 Å². The lowest BCUT2D eigenvalue weighted by molar-refractivity contribution is 0.215. The Morgan fingerprint density at radius 3 is 2.15 bits per heavy atom. The lowest BCUT2D eigenvalue weighted by Crippen LogP contribution is -2.48. The van der Waals surface area contributed by atoms with Gasteiger partial charge in [0.1, 0.15) is 11.9 Å². The molecule has 2 aliphatic rings. The fourth-order valence-electron chi connectivity index (χ4n) is 6.69. The van der Waals surface area contributed by atoms with E-state index in [0.29, 0.717) is 24.1 Å². The number of piperazine rings is 1. The number of nitriles is 2. The SMILES string of the molecule is Cc1c(CCC#N)c(N2CCN(C3c4ccccc4-c4ccccc43)CC2)n2c(nc3ccccc32)c1C#N. The minimum atomic E-state index is 0.259. The van der Waals surface area contributed by atoms with E-state index in [1.54, 1.807) is 0 Å². The molecule has 0 radical (unpaired) electrons. The second kappa shape index (κ2) is 9.27. The maximum Gasteiger partial charge on any atom is 0.157 e. The molecule has 39 heavy (non-hydrogen) atoms. The molecule has 0 saturated carbocycles. The smallest absolute Gasteiger partial charge is 0.157 e. The number of hydrogen-bond donors (Lipinski definition) is 0. The molecule has 0 N–H and O–H groups in total. The van der Waals surface area contributed by atoms with Crippen molar-refractivity contribution >= 4 is 22.5 Å². The van der Waals surface area contributed by atoms with E-state index in [2.05, 4.69) is 80.9 Å². The average molecular weight is 509 g/mol. The van der Waals surface area contributed by atoms with Crippen LogP contribution in [0.25, 0.3) is 27.8 Å². The quantitative estimate of drug-likeness (QED) is 0.297. The minimum Gasteiger partial charge on any atom is -0.355 e. The number of aromatic nitrogens is 2. The number of nitrogens with zero attached hydrogens (tertiary/aromatic N) is 6. The van der Waals surface area contributed by atoms with Crippen molar-refractivity contribution in [1.82, 2.24) is 14.3 Å². The van der Waals surface area contributed by atoms with Crippen molar-refractivity contribution in [2.75, 3.05) is 31.1 Å². The molecule has 2 aromatic heterocycles. The predicted octanol–water partition coefficient (Wildman–Crippen LogP) is 6.02. The van der Waals surface area contributed by atoms with E-state index in [1.165, 1.54) is 22.3 Å². The van der Waals surface area contributed by atoms with Gasteiger partial charge in [-0.1, -0.05) is 60.7 Å².